The predicted octanol–water partition coefficient (Wildman–Crippen LogP) is 3.45. The Morgan fingerprint density at radius 2 is 2.17 bits per heavy atom. The molecule has 4 heterocycles. The average Bonchev–Trinajstić information content (AvgIpc) is 3.22. The van der Waals surface area contributed by atoms with Crippen LogP contribution < -0.4 is 0 Å². The van der Waals surface area contributed by atoms with Gasteiger partial charge < -0.3 is 9.42 Å². The first kappa shape index (κ1) is 20.1. The number of rotatable bonds is 5. The van der Waals surface area contributed by atoms with Gasteiger partial charge in [0.15, 0.2) is 11.6 Å². The molecular formula is C22H26N6O2. The van der Waals surface area contributed by atoms with Gasteiger partial charge in [-0.15, -0.1) is 0 Å². The van der Waals surface area contributed by atoms with E-state index in [2.05, 4.69) is 38.9 Å². The number of pyridine rings is 1. The van der Waals surface area contributed by atoms with Crippen LogP contribution in [0, 0.1) is 12.8 Å². The fraction of sp³-hybridized carbons (Fsp3) is 0.455. The van der Waals surface area contributed by atoms with Crippen LogP contribution in [-0.2, 0) is 6.42 Å². The summed E-state index contributed by atoms with van der Waals surface area (Å²) in [5.74, 6) is 2.40. The molecule has 30 heavy (non-hydrogen) atoms. The standard InChI is InChI=1S/C22H26N6O2/c1-14(2)10-19-26-21(30-27-19)17-7-5-9-28(13-17)22(29)18-12-24-20(25-15(18)3)16-6-4-8-23-11-16/h4,6,8,11-12,14,17H,5,7,9-10,13H2,1-3H3. The van der Waals surface area contributed by atoms with Gasteiger partial charge in [0.2, 0.25) is 5.89 Å². The van der Waals surface area contributed by atoms with Gasteiger partial charge >= 0.3 is 0 Å². The number of likely N-dealkylation sites (tertiary alicyclic amines) is 1. The van der Waals surface area contributed by atoms with E-state index in [9.17, 15) is 4.79 Å². The molecule has 156 valence electrons. The van der Waals surface area contributed by atoms with Gasteiger partial charge in [-0.25, -0.2) is 9.97 Å². The minimum Gasteiger partial charge on any atom is -0.339 e. The highest BCUT2D eigenvalue weighted by Gasteiger charge is 2.30. The maximum atomic E-state index is 13.2. The van der Waals surface area contributed by atoms with Gasteiger partial charge in [-0.3, -0.25) is 9.78 Å². The molecule has 1 atom stereocenters. The summed E-state index contributed by atoms with van der Waals surface area (Å²) in [6.45, 7) is 7.35. The van der Waals surface area contributed by atoms with Crippen molar-refractivity contribution in [3.63, 3.8) is 0 Å². The fourth-order valence-electron chi connectivity index (χ4n) is 3.73. The fourth-order valence-corrected chi connectivity index (χ4v) is 3.73. The zero-order valence-electron chi connectivity index (χ0n) is 17.6. The van der Waals surface area contributed by atoms with E-state index in [0.29, 0.717) is 42.0 Å². The third kappa shape index (κ3) is 4.37. The highest BCUT2D eigenvalue weighted by molar-refractivity contribution is 5.95. The zero-order valence-corrected chi connectivity index (χ0v) is 17.6. The molecule has 8 heteroatoms. The largest absolute Gasteiger partial charge is 0.339 e. The molecule has 3 aromatic heterocycles. The van der Waals surface area contributed by atoms with Crippen LogP contribution in [0.2, 0.25) is 0 Å². The van der Waals surface area contributed by atoms with Crippen LogP contribution in [0.1, 0.15) is 60.4 Å². The van der Waals surface area contributed by atoms with Crippen molar-refractivity contribution in [2.24, 2.45) is 5.92 Å². The number of hydrogen-bond acceptors (Lipinski definition) is 7. The smallest absolute Gasteiger partial charge is 0.257 e. The molecule has 0 N–H and O–H groups in total. The van der Waals surface area contributed by atoms with Gasteiger partial charge in [0.25, 0.3) is 5.91 Å². The lowest BCUT2D eigenvalue weighted by atomic mass is 9.97. The molecule has 8 nitrogen and oxygen atoms in total. The summed E-state index contributed by atoms with van der Waals surface area (Å²) < 4.78 is 5.50. The van der Waals surface area contributed by atoms with Gasteiger partial charge in [-0.2, -0.15) is 4.98 Å². The molecule has 0 aliphatic carbocycles. The lowest BCUT2D eigenvalue weighted by molar-refractivity contribution is 0.0694. The number of aryl methyl sites for hydroxylation is 1. The van der Waals surface area contributed by atoms with Crippen molar-refractivity contribution >= 4 is 5.91 Å². The van der Waals surface area contributed by atoms with E-state index >= 15 is 0 Å². The number of amides is 1. The van der Waals surface area contributed by atoms with Crippen molar-refractivity contribution in [1.82, 2.24) is 30.0 Å². The van der Waals surface area contributed by atoms with Crippen molar-refractivity contribution in [3.05, 3.63) is 53.7 Å². The number of nitrogens with zero attached hydrogens (tertiary/aromatic N) is 6. The molecule has 4 rings (SSSR count). The second-order valence-corrected chi connectivity index (χ2v) is 8.17. The van der Waals surface area contributed by atoms with Gasteiger partial charge in [0.1, 0.15) is 0 Å². The first-order valence-corrected chi connectivity index (χ1v) is 10.4. The first-order valence-electron chi connectivity index (χ1n) is 10.4. The van der Waals surface area contributed by atoms with Crippen LogP contribution >= 0.6 is 0 Å². The maximum Gasteiger partial charge on any atom is 0.257 e. The monoisotopic (exact) mass is 406 g/mol. The van der Waals surface area contributed by atoms with E-state index in [0.717, 1.165) is 30.7 Å². The summed E-state index contributed by atoms with van der Waals surface area (Å²) in [7, 11) is 0. The summed E-state index contributed by atoms with van der Waals surface area (Å²) in [5, 5.41) is 4.10. The molecule has 0 spiro atoms. The predicted molar refractivity (Wildman–Crippen MR) is 111 cm³/mol. The Bertz CT molecular complexity index is 1020. The maximum absolute atomic E-state index is 13.2. The van der Waals surface area contributed by atoms with Crippen LogP contribution in [0.3, 0.4) is 0 Å². The molecule has 1 saturated heterocycles. The van der Waals surface area contributed by atoms with Crippen molar-refractivity contribution in [2.75, 3.05) is 13.1 Å². The van der Waals surface area contributed by atoms with E-state index in [4.69, 9.17) is 4.52 Å². The second-order valence-electron chi connectivity index (χ2n) is 8.17. The van der Waals surface area contributed by atoms with E-state index in [1.807, 2.05) is 24.0 Å². The molecule has 3 aromatic rings. The Balaban J connectivity index is 1.48. The van der Waals surface area contributed by atoms with Crippen molar-refractivity contribution in [1.29, 1.82) is 0 Å². The highest BCUT2D eigenvalue weighted by atomic mass is 16.5. The zero-order chi connectivity index (χ0) is 21.1. The van der Waals surface area contributed by atoms with E-state index < -0.39 is 0 Å². The lowest BCUT2D eigenvalue weighted by Crippen LogP contribution is -2.39. The Labute approximate surface area is 175 Å². The van der Waals surface area contributed by atoms with Crippen LogP contribution in [0.5, 0.6) is 0 Å². The molecule has 0 bridgehead atoms. The van der Waals surface area contributed by atoms with Crippen molar-refractivity contribution in [3.8, 4) is 11.4 Å². The number of hydrogen-bond donors (Lipinski definition) is 0. The summed E-state index contributed by atoms with van der Waals surface area (Å²) in [6, 6.07) is 3.74. The van der Waals surface area contributed by atoms with Gasteiger partial charge in [-0.1, -0.05) is 19.0 Å². The summed E-state index contributed by atoms with van der Waals surface area (Å²) in [6.07, 6.45) is 7.65. The molecule has 1 aliphatic heterocycles. The number of carbonyl (C=O) groups is 1. The Morgan fingerprint density at radius 3 is 2.90 bits per heavy atom. The van der Waals surface area contributed by atoms with Crippen LogP contribution in [0.15, 0.2) is 35.2 Å². The number of aromatic nitrogens is 5. The summed E-state index contributed by atoms with van der Waals surface area (Å²) in [4.78, 5) is 32.6. The Morgan fingerprint density at radius 1 is 1.30 bits per heavy atom. The SMILES string of the molecule is Cc1nc(-c2cccnc2)ncc1C(=O)N1CCCC(c2nc(CC(C)C)no2)C1. The molecule has 1 fully saturated rings. The molecular weight excluding hydrogens is 380 g/mol. The normalized spacial score (nSPS) is 16.8. The molecule has 1 unspecified atom stereocenters. The molecule has 1 aliphatic rings. The minimum atomic E-state index is -0.0585. The molecule has 0 saturated carbocycles. The molecule has 0 radical (unpaired) electrons. The highest BCUT2D eigenvalue weighted by Crippen LogP contribution is 2.27. The van der Waals surface area contributed by atoms with Gasteiger partial charge in [0.05, 0.1) is 17.2 Å². The number of carbonyl (C=O) groups excluding carboxylic acids is 1. The van der Waals surface area contributed by atoms with Crippen molar-refractivity contribution in [2.45, 2.75) is 46.0 Å². The third-order valence-corrected chi connectivity index (χ3v) is 5.26. The molecule has 0 aromatic carbocycles. The van der Waals surface area contributed by atoms with Crippen LogP contribution in [0.25, 0.3) is 11.4 Å². The Hall–Kier alpha value is -3.16. The first-order chi connectivity index (χ1) is 14.5. The molecule has 1 amide bonds. The van der Waals surface area contributed by atoms with Crippen LogP contribution in [-0.4, -0.2) is 49.0 Å². The Kier molecular flexibility index (Phi) is 5.83. The summed E-state index contributed by atoms with van der Waals surface area (Å²) in [5.41, 5.74) is 2.01. The minimum absolute atomic E-state index is 0.0585. The third-order valence-electron chi connectivity index (χ3n) is 5.26. The average molecular weight is 406 g/mol. The number of piperidine rings is 1. The van der Waals surface area contributed by atoms with E-state index in [-0.39, 0.29) is 11.8 Å². The van der Waals surface area contributed by atoms with E-state index in [1.54, 1.807) is 18.6 Å². The second kappa shape index (κ2) is 8.69. The van der Waals surface area contributed by atoms with Crippen molar-refractivity contribution < 1.29 is 9.32 Å². The van der Waals surface area contributed by atoms with Crippen LogP contribution in [0.4, 0.5) is 0 Å². The van der Waals surface area contributed by atoms with Gasteiger partial charge in [-0.05, 0) is 37.8 Å². The van der Waals surface area contributed by atoms with Gasteiger partial charge in [0, 0.05) is 43.7 Å². The van der Waals surface area contributed by atoms with E-state index in [1.165, 1.54) is 0 Å². The summed E-state index contributed by atoms with van der Waals surface area (Å²) >= 11 is 0. The topological polar surface area (TPSA) is 97.9 Å². The lowest BCUT2D eigenvalue weighted by Gasteiger charge is -2.31. The quantitative estimate of drug-likeness (QED) is 0.640.